The maximum Gasteiger partial charge on any atom is 0.287 e. The number of hydrogen-bond acceptors (Lipinski definition) is 6. The highest BCUT2D eigenvalue weighted by atomic mass is 16.3. The summed E-state index contributed by atoms with van der Waals surface area (Å²) in [4.78, 5) is 46.8. The zero-order valence-electron chi connectivity index (χ0n) is 18.3. The molecule has 1 aliphatic heterocycles. The van der Waals surface area contributed by atoms with Crippen molar-refractivity contribution in [3.63, 3.8) is 0 Å². The van der Waals surface area contributed by atoms with Gasteiger partial charge in [0.1, 0.15) is 0 Å². The minimum atomic E-state index is -0.239. The van der Waals surface area contributed by atoms with Crippen molar-refractivity contribution in [2.24, 2.45) is 11.3 Å². The van der Waals surface area contributed by atoms with Crippen molar-refractivity contribution in [3.05, 3.63) is 54.3 Å². The van der Waals surface area contributed by atoms with E-state index in [9.17, 15) is 14.4 Å². The van der Waals surface area contributed by atoms with Gasteiger partial charge in [0.2, 0.25) is 5.91 Å². The SMILES string of the molecule is CC(=O)Nc1cnccc1C(=O)N1CCC2(CC1)CC2CNC(=O)c1cc2ccncc2o1. The summed E-state index contributed by atoms with van der Waals surface area (Å²) in [6.45, 7) is 3.31. The maximum absolute atomic E-state index is 13.0. The Morgan fingerprint density at radius 3 is 2.67 bits per heavy atom. The Balaban J connectivity index is 1.15. The van der Waals surface area contributed by atoms with Gasteiger partial charge < -0.3 is 20.0 Å². The smallest absolute Gasteiger partial charge is 0.287 e. The van der Waals surface area contributed by atoms with Gasteiger partial charge in [0.25, 0.3) is 11.8 Å². The van der Waals surface area contributed by atoms with Crippen molar-refractivity contribution in [1.29, 1.82) is 0 Å². The minimum absolute atomic E-state index is 0.0964. The summed E-state index contributed by atoms with van der Waals surface area (Å²) in [5.41, 5.74) is 1.67. The third-order valence-corrected chi connectivity index (χ3v) is 6.82. The molecule has 0 bridgehead atoms. The second-order valence-electron chi connectivity index (χ2n) is 8.89. The number of fused-ring (bicyclic) bond motifs is 1. The van der Waals surface area contributed by atoms with Crippen LogP contribution in [0, 0.1) is 11.3 Å². The largest absolute Gasteiger partial charge is 0.449 e. The highest BCUT2D eigenvalue weighted by molar-refractivity contribution is 6.03. The number of nitrogens with one attached hydrogen (secondary N) is 2. The summed E-state index contributed by atoms with van der Waals surface area (Å²) < 4.78 is 5.59. The van der Waals surface area contributed by atoms with Crippen LogP contribution in [0.1, 0.15) is 47.1 Å². The number of carbonyl (C=O) groups is 3. The van der Waals surface area contributed by atoms with Gasteiger partial charge in [0, 0.05) is 44.3 Å². The number of amides is 3. The fraction of sp³-hybridized carbons (Fsp3) is 0.375. The molecule has 4 heterocycles. The van der Waals surface area contributed by atoms with Crippen LogP contribution in [0.15, 0.2) is 47.4 Å². The van der Waals surface area contributed by atoms with Crippen LogP contribution in [-0.2, 0) is 4.79 Å². The van der Waals surface area contributed by atoms with Gasteiger partial charge in [-0.3, -0.25) is 24.4 Å². The van der Waals surface area contributed by atoms with E-state index >= 15 is 0 Å². The van der Waals surface area contributed by atoms with Crippen molar-refractivity contribution in [2.75, 3.05) is 25.0 Å². The number of likely N-dealkylation sites (tertiary alicyclic amines) is 1. The van der Waals surface area contributed by atoms with E-state index in [0.717, 1.165) is 24.6 Å². The Bertz CT molecular complexity index is 1200. The first-order valence-electron chi connectivity index (χ1n) is 11.1. The molecule has 0 aromatic carbocycles. The first-order valence-corrected chi connectivity index (χ1v) is 11.1. The van der Waals surface area contributed by atoms with Crippen molar-refractivity contribution in [3.8, 4) is 0 Å². The van der Waals surface area contributed by atoms with Crippen LogP contribution in [0.25, 0.3) is 11.0 Å². The van der Waals surface area contributed by atoms with Crippen LogP contribution in [0.2, 0.25) is 0 Å². The summed E-state index contributed by atoms with van der Waals surface area (Å²) in [5.74, 6) is 0.141. The van der Waals surface area contributed by atoms with Gasteiger partial charge in [-0.2, -0.15) is 0 Å². The number of carbonyl (C=O) groups excluding carboxylic acids is 3. The molecule has 3 amide bonds. The fourth-order valence-corrected chi connectivity index (χ4v) is 4.83. The normalized spacial score (nSPS) is 18.8. The Hall–Kier alpha value is -3.75. The number of aromatic nitrogens is 2. The standard InChI is InChI=1S/C24H25N5O4/c1-15(30)28-19-13-25-7-3-18(19)23(32)29-8-4-24(5-9-29)11-17(24)12-27-22(31)20-10-16-2-6-26-14-21(16)33-20/h2-3,6-7,10,13-14,17H,4-5,8-9,11-12H2,1H3,(H,27,31)(H,28,30). The Morgan fingerprint density at radius 1 is 1.15 bits per heavy atom. The average molecular weight is 447 g/mol. The van der Waals surface area contributed by atoms with Gasteiger partial charge in [0.15, 0.2) is 11.3 Å². The molecule has 2 N–H and O–H groups in total. The third-order valence-electron chi connectivity index (χ3n) is 6.82. The van der Waals surface area contributed by atoms with Crippen LogP contribution in [0.4, 0.5) is 5.69 Å². The lowest BCUT2D eigenvalue weighted by Gasteiger charge is -2.33. The number of piperidine rings is 1. The molecule has 1 saturated heterocycles. The van der Waals surface area contributed by atoms with Crippen LogP contribution in [0.5, 0.6) is 0 Å². The van der Waals surface area contributed by atoms with Gasteiger partial charge in [-0.25, -0.2) is 0 Å². The molecular weight excluding hydrogens is 422 g/mol. The van der Waals surface area contributed by atoms with Gasteiger partial charge in [-0.15, -0.1) is 0 Å². The average Bonchev–Trinajstić information content (AvgIpc) is 3.29. The Morgan fingerprint density at radius 2 is 1.91 bits per heavy atom. The van der Waals surface area contributed by atoms with E-state index in [1.807, 2.05) is 11.0 Å². The van der Waals surface area contributed by atoms with Crippen molar-refractivity contribution in [1.82, 2.24) is 20.2 Å². The molecule has 1 unspecified atom stereocenters. The van der Waals surface area contributed by atoms with E-state index in [1.54, 1.807) is 30.7 Å². The number of anilines is 1. The van der Waals surface area contributed by atoms with Crippen LogP contribution in [0.3, 0.4) is 0 Å². The second kappa shape index (κ2) is 8.31. The summed E-state index contributed by atoms with van der Waals surface area (Å²) in [7, 11) is 0. The predicted octanol–water partition coefficient (Wildman–Crippen LogP) is 2.85. The van der Waals surface area contributed by atoms with E-state index in [2.05, 4.69) is 20.6 Å². The number of rotatable bonds is 5. The Labute approximate surface area is 190 Å². The van der Waals surface area contributed by atoms with Gasteiger partial charge >= 0.3 is 0 Å². The zero-order chi connectivity index (χ0) is 23.0. The first kappa shape index (κ1) is 21.1. The van der Waals surface area contributed by atoms with Gasteiger partial charge in [-0.05, 0) is 48.8 Å². The fourth-order valence-electron chi connectivity index (χ4n) is 4.83. The van der Waals surface area contributed by atoms with Crippen molar-refractivity contribution < 1.29 is 18.8 Å². The summed E-state index contributed by atoms with van der Waals surface area (Å²) in [6.07, 6.45) is 9.17. The molecule has 0 radical (unpaired) electrons. The van der Waals surface area contributed by atoms with E-state index < -0.39 is 0 Å². The molecule has 2 fully saturated rings. The number of nitrogens with zero attached hydrogens (tertiary/aromatic N) is 3. The molecule has 1 aliphatic carbocycles. The summed E-state index contributed by atoms with van der Waals surface area (Å²) >= 11 is 0. The summed E-state index contributed by atoms with van der Waals surface area (Å²) in [5, 5.41) is 6.53. The molecule has 33 heavy (non-hydrogen) atoms. The van der Waals surface area contributed by atoms with Crippen molar-refractivity contribution >= 4 is 34.4 Å². The third kappa shape index (κ3) is 4.18. The molecule has 9 nitrogen and oxygen atoms in total. The second-order valence-corrected chi connectivity index (χ2v) is 8.89. The maximum atomic E-state index is 13.0. The van der Waals surface area contributed by atoms with Crippen molar-refractivity contribution in [2.45, 2.75) is 26.2 Å². The number of hydrogen-bond donors (Lipinski definition) is 2. The molecule has 1 atom stereocenters. The molecule has 9 heteroatoms. The molecule has 2 aliphatic rings. The topological polar surface area (TPSA) is 117 Å². The first-order chi connectivity index (χ1) is 15.9. The highest BCUT2D eigenvalue weighted by Crippen LogP contribution is 2.59. The van der Waals surface area contributed by atoms with E-state index in [-0.39, 0.29) is 23.1 Å². The number of furan rings is 1. The Kier molecular flexibility index (Phi) is 5.32. The lowest BCUT2D eigenvalue weighted by atomic mass is 9.90. The molecular formula is C24H25N5O4. The predicted molar refractivity (Wildman–Crippen MR) is 121 cm³/mol. The molecule has 3 aromatic rings. The molecule has 1 spiro atoms. The minimum Gasteiger partial charge on any atom is -0.449 e. The zero-order valence-corrected chi connectivity index (χ0v) is 18.3. The van der Waals surface area contributed by atoms with E-state index in [1.165, 1.54) is 13.1 Å². The highest BCUT2D eigenvalue weighted by Gasteiger charge is 2.54. The number of pyridine rings is 2. The quantitative estimate of drug-likeness (QED) is 0.621. The molecule has 3 aromatic heterocycles. The van der Waals surface area contributed by atoms with Gasteiger partial charge in [0.05, 0.1) is 23.6 Å². The lowest BCUT2D eigenvalue weighted by molar-refractivity contribution is -0.114. The monoisotopic (exact) mass is 447 g/mol. The lowest BCUT2D eigenvalue weighted by Crippen LogP contribution is -2.40. The molecule has 5 rings (SSSR count). The van der Waals surface area contributed by atoms with E-state index in [0.29, 0.717) is 48.1 Å². The van der Waals surface area contributed by atoms with Crippen LogP contribution < -0.4 is 10.6 Å². The molecule has 1 saturated carbocycles. The van der Waals surface area contributed by atoms with Crippen LogP contribution >= 0.6 is 0 Å². The van der Waals surface area contributed by atoms with Gasteiger partial charge in [-0.1, -0.05) is 0 Å². The summed E-state index contributed by atoms with van der Waals surface area (Å²) in [6, 6.07) is 5.18. The van der Waals surface area contributed by atoms with Crippen LogP contribution in [-0.4, -0.2) is 52.2 Å². The molecule has 170 valence electrons. The van der Waals surface area contributed by atoms with E-state index in [4.69, 9.17) is 4.42 Å².